The Bertz CT molecular complexity index is 1020. The molecule has 0 bridgehead atoms. The highest BCUT2D eigenvalue weighted by molar-refractivity contribution is 5.74. The summed E-state index contributed by atoms with van der Waals surface area (Å²) in [5, 5.41) is 4.08. The summed E-state index contributed by atoms with van der Waals surface area (Å²) < 4.78 is 61.8. The third-order valence-electron chi connectivity index (χ3n) is 3.55. The van der Waals surface area contributed by atoms with E-state index in [1.807, 2.05) is 0 Å². The minimum absolute atomic E-state index is 0.0156. The quantitative estimate of drug-likeness (QED) is 0.697. The number of aromatic nitrogens is 4. The molecule has 7 nitrogen and oxygen atoms in total. The minimum atomic E-state index is -3.15. The fraction of sp³-hybridized carbons (Fsp3) is 0.267. The second-order valence-corrected chi connectivity index (χ2v) is 5.24. The highest BCUT2D eigenvalue weighted by Gasteiger charge is 2.21. The average Bonchev–Trinajstić information content (AvgIpc) is 2.97. The number of fused-ring (bicyclic) bond motifs is 1. The van der Waals surface area contributed by atoms with Gasteiger partial charge in [0.15, 0.2) is 5.65 Å². The van der Waals surface area contributed by atoms with Crippen molar-refractivity contribution in [2.45, 2.75) is 20.0 Å². The predicted octanol–water partition coefficient (Wildman–Crippen LogP) is 2.96. The fourth-order valence-corrected chi connectivity index (χ4v) is 2.53. The molecule has 0 spiro atoms. The van der Waals surface area contributed by atoms with Crippen molar-refractivity contribution in [1.29, 1.82) is 0 Å². The second-order valence-electron chi connectivity index (χ2n) is 5.24. The zero-order valence-electron chi connectivity index (χ0n) is 13.5. The molecule has 0 radical (unpaired) electrons. The van der Waals surface area contributed by atoms with Crippen molar-refractivity contribution in [3.63, 3.8) is 0 Å². The molecule has 0 aliphatic rings. The van der Waals surface area contributed by atoms with Crippen LogP contribution in [0.1, 0.15) is 17.6 Å². The van der Waals surface area contributed by atoms with Gasteiger partial charge >= 0.3 is 6.61 Å². The third kappa shape index (κ3) is 3.19. The Morgan fingerprint density at radius 1 is 1.23 bits per heavy atom. The molecule has 3 aromatic rings. The number of halogens is 4. The zero-order valence-corrected chi connectivity index (χ0v) is 13.5. The summed E-state index contributed by atoms with van der Waals surface area (Å²) in [7, 11) is 1.29. The van der Waals surface area contributed by atoms with Crippen LogP contribution < -0.4 is 15.0 Å². The van der Waals surface area contributed by atoms with Crippen molar-refractivity contribution in [2.24, 2.45) is 0 Å². The van der Waals surface area contributed by atoms with E-state index >= 15 is 0 Å². The van der Waals surface area contributed by atoms with Gasteiger partial charge in [-0.1, -0.05) is 0 Å². The standard InChI is InChI=1S/C15H12F4N4O3/c1-6-3-7(26-14(18)19)4-8(11(16)17)10(6)23-5-9-12(22-23)20-15(25-2)21-13(9)24/h3-5,11,14H,1-2H3,(H,20,21,22,24). The molecule has 0 amide bonds. The summed E-state index contributed by atoms with van der Waals surface area (Å²) in [5.41, 5.74) is -1.00. The van der Waals surface area contributed by atoms with Gasteiger partial charge < -0.3 is 9.47 Å². The predicted molar refractivity (Wildman–Crippen MR) is 82.4 cm³/mol. The lowest BCUT2D eigenvalue weighted by Crippen LogP contribution is -2.08. The van der Waals surface area contributed by atoms with Crippen molar-refractivity contribution in [3.8, 4) is 17.4 Å². The zero-order chi connectivity index (χ0) is 19.0. The topological polar surface area (TPSA) is 82.0 Å². The van der Waals surface area contributed by atoms with E-state index in [1.54, 1.807) is 0 Å². The maximum atomic E-state index is 13.5. The van der Waals surface area contributed by atoms with Crippen LogP contribution in [0.5, 0.6) is 11.8 Å². The number of H-pyrrole nitrogens is 1. The van der Waals surface area contributed by atoms with Gasteiger partial charge in [-0.2, -0.15) is 13.8 Å². The van der Waals surface area contributed by atoms with E-state index in [-0.39, 0.29) is 28.3 Å². The molecule has 0 atom stereocenters. The summed E-state index contributed by atoms with van der Waals surface area (Å²) in [5.74, 6) is -0.397. The van der Waals surface area contributed by atoms with E-state index in [0.29, 0.717) is 0 Å². The summed E-state index contributed by atoms with van der Waals surface area (Å²) in [6, 6.07) is 1.90. The first-order valence-corrected chi connectivity index (χ1v) is 7.21. The monoisotopic (exact) mass is 372 g/mol. The number of rotatable bonds is 5. The van der Waals surface area contributed by atoms with Crippen LogP contribution in [0.3, 0.4) is 0 Å². The Morgan fingerprint density at radius 2 is 1.96 bits per heavy atom. The smallest absolute Gasteiger partial charge is 0.387 e. The number of alkyl halides is 4. The lowest BCUT2D eigenvalue weighted by Gasteiger charge is -2.15. The summed E-state index contributed by atoms with van der Waals surface area (Å²) in [4.78, 5) is 18.3. The molecule has 138 valence electrons. The van der Waals surface area contributed by atoms with Gasteiger partial charge in [0.05, 0.1) is 12.8 Å². The number of hydrogen-bond donors (Lipinski definition) is 1. The third-order valence-corrected chi connectivity index (χ3v) is 3.55. The summed E-state index contributed by atoms with van der Waals surface area (Å²) >= 11 is 0. The normalized spacial score (nSPS) is 11.5. The molecule has 26 heavy (non-hydrogen) atoms. The molecular weight excluding hydrogens is 360 g/mol. The van der Waals surface area contributed by atoms with Crippen molar-refractivity contribution in [3.05, 3.63) is 39.8 Å². The number of methoxy groups -OCH3 is 1. The first-order valence-electron chi connectivity index (χ1n) is 7.21. The highest BCUT2D eigenvalue weighted by atomic mass is 19.3. The number of aryl methyl sites for hydroxylation is 1. The molecule has 2 aromatic heterocycles. The van der Waals surface area contributed by atoms with E-state index < -0.39 is 29.9 Å². The molecule has 0 unspecified atom stereocenters. The van der Waals surface area contributed by atoms with Crippen LogP contribution >= 0.6 is 0 Å². The van der Waals surface area contributed by atoms with Gasteiger partial charge in [-0.05, 0) is 24.6 Å². The van der Waals surface area contributed by atoms with Gasteiger partial charge in [-0.15, -0.1) is 5.10 Å². The minimum Gasteiger partial charge on any atom is -0.468 e. The molecule has 3 rings (SSSR count). The lowest BCUT2D eigenvalue weighted by atomic mass is 10.1. The van der Waals surface area contributed by atoms with Crippen LogP contribution in [0.2, 0.25) is 0 Å². The van der Waals surface area contributed by atoms with Crippen LogP contribution in [0.25, 0.3) is 16.7 Å². The molecule has 11 heteroatoms. The Labute approximate surface area is 143 Å². The molecule has 0 aliphatic carbocycles. The number of benzene rings is 1. The lowest BCUT2D eigenvalue weighted by molar-refractivity contribution is -0.0500. The van der Waals surface area contributed by atoms with Crippen molar-refractivity contribution in [1.82, 2.24) is 19.7 Å². The Balaban J connectivity index is 2.21. The first-order chi connectivity index (χ1) is 12.3. The molecule has 0 aliphatic heterocycles. The van der Waals surface area contributed by atoms with Gasteiger partial charge in [0.2, 0.25) is 0 Å². The maximum absolute atomic E-state index is 13.5. The molecular formula is C15H12F4N4O3. The van der Waals surface area contributed by atoms with Crippen LogP contribution in [0.4, 0.5) is 17.6 Å². The van der Waals surface area contributed by atoms with Gasteiger partial charge in [-0.25, -0.2) is 13.5 Å². The summed E-state index contributed by atoms with van der Waals surface area (Å²) in [6.45, 7) is -1.71. The Kier molecular flexibility index (Phi) is 4.53. The maximum Gasteiger partial charge on any atom is 0.387 e. The highest BCUT2D eigenvalue weighted by Crippen LogP contribution is 2.33. The van der Waals surface area contributed by atoms with Gasteiger partial charge in [0.1, 0.15) is 11.1 Å². The van der Waals surface area contributed by atoms with Gasteiger partial charge in [0, 0.05) is 11.8 Å². The van der Waals surface area contributed by atoms with Crippen LogP contribution in [0, 0.1) is 6.92 Å². The summed E-state index contributed by atoms with van der Waals surface area (Å²) in [6.07, 6.45) is -1.76. The molecule has 1 N–H and O–H groups in total. The Hall–Kier alpha value is -3.11. The van der Waals surface area contributed by atoms with Gasteiger partial charge in [-0.3, -0.25) is 9.78 Å². The Morgan fingerprint density at radius 3 is 2.58 bits per heavy atom. The van der Waals surface area contributed by atoms with Crippen molar-refractivity contribution in [2.75, 3.05) is 7.11 Å². The molecule has 0 fully saturated rings. The first kappa shape index (κ1) is 17.7. The van der Waals surface area contributed by atoms with E-state index in [2.05, 4.69) is 19.8 Å². The number of ether oxygens (including phenoxy) is 2. The van der Waals surface area contributed by atoms with Gasteiger partial charge in [0.25, 0.3) is 18.0 Å². The molecule has 2 heterocycles. The van der Waals surface area contributed by atoms with E-state index in [1.165, 1.54) is 26.3 Å². The van der Waals surface area contributed by atoms with E-state index in [0.717, 1.165) is 10.7 Å². The largest absolute Gasteiger partial charge is 0.468 e. The molecule has 1 aromatic carbocycles. The molecule has 0 saturated heterocycles. The van der Waals surface area contributed by atoms with E-state index in [9.17, 15) is 22.4 Å². The fourth-order valence-electron chi connectivity index (χ4n) is 2.53. The van der Waals surface area contributed by atoms with Crippen LogP contribution in [0.15, 0.2) is 23.1 Å². The van der Waals surface area contributed by atoms with Crippen molar-refractivity contribution < 1.29 is 27.0 Å². The number of nitrogens with one attached hydrogen (secondary N) is 1. The molecule has 0 saturated carbocycles. The number of aromatic amines is 1. The second kappa shape index (κ2) is 6.65. The van der Waals surface area contributed by atoms with Crippen LogP contribution in [-0.2, 0) is 0 Å². The van der Waals surface area contributed by atoms with E-state index in [4.69, 9.17) is 4.74 Å². The SMILES string of the molecule is COc1nc2nn(-c3c(C)cc(OC(F)F)cc3C(F)F)cc2c(=O)[nH]1. The van der Waals surface area contributed by atoms with Crippen molar-refractivity contribution >= 4 is 11.0 Å². The number of nitrogens with zero attached hydrogens (tertiary/aromatic N) is 3. The van der Waals surface area contributed by atoms with Crippen LogP contribution in [-0.4, -0.2) is 33.5 Å². The number of hydrogen-bond acceptors (Lipinski definition) is 5. The average molecular weight is 372 g/mol.